The molecule has 150 valence electrons. The molecule has 28 heavy (non-hydrogen) atoms. The summed E-state index contributed by atoms with van der Waals surface area (Å²) in [5.74, 6) is 1.75. The van der Waals surface area contributed by atoms with Gasteiger partial charge in [0, 0.05) is 24.1 Å². The van der Waals surface area contributed by atoms with Gasteiger partial charge in [0.1, 0.15) is 17.5 Å². The highest BCUT2D eigenvalue weighted by molar-refractivity contribution is 7.80. The Morgan fingerprint density at radius 2 is 1.68 bits per heavy atom. The van der Waals surface area contributed by atoms with Crippen molar-refractivity contribution in [2.45, 2.75) is 25.8 Å². The summed E-state index contributed by atoms with van der Waals surface area (Å²) in [5, 5.41) is 7.31. The lowest BCUT2D eigenvalue weighted by Gasteiger charge is -2.26. The van der Waals surface area contributed by atoms with Crippen LogP contribution in [0.3, 0.4) is 0 Å². The first kappa shape index (κ1) is 20.4. The number of rotatable bonds is 8. The van der Waals surface area contributed by atoms with Crippen molar-refractivity contribution in [1.82, 2.24) is 5.32 Å². The molecular formula is C22H30N3O2S+. The van der Waals surface area contributed by atoms with Gasteiger partial charge in [-0.15, -0.1) is 0 Å². The molecule has 1 atom stereocenters. The molecule has 1 heterocycles. The van der Waals surface area contributed by atoms with E-state index in [0.717, 1.165) is 23.7 Å². The Labute approximate surface area is 173 Å². The third-order valence-electron chi connectivity index (χ3n) is 5.15. The van der Waals surface area contributed by atoms with Gasteiger partial charge in [0.2, 0.25) is 0 Å². The van der Waals surface area contributed by atoms with Crippen LogP contribution in [0.1, 0.15) is 31.4 Å². The molecule has 0 radical (unpaired) electrons. The van der Waals surface area contributed by atoms with E-state index in [1.54, 1.807) is 12.0 Å². The molecule has 0 amide bonds. The second-order valence-electron chi connectivity index (χ2n) is 6.98. The number of ether oxygens (including phenoxy) is 2. The zero-order valence-electron chi connectivity index (χ0n) is 16.7. The smallest absolute Gasteiger partial charge is 0.171 e. The lowest BCUT2D eigenvalue weighted by atomic mass is 10.1. The lowest BCUT2D eigenvalue weighted by Crippen LogP contribution is -3.11. The van der Waals surface area contributed by atoms with E-state index in [-0.39, 0.29) is 0 Å². The first-order valence-corrected chi connectivity index (χ1v) is 10.4. The molecule has 0 aliphatic carbocycles. The molecule has 1 fully saturated rings. The van der Waals surface area contributed by atoms with Crippen molar-refractivity contribution in [3.63, 3.8) is 0 Å². The summed E-state index contributed by atoms with van der Waals surface area (Å²) >= 11 is 5.52. The van der Waals surface area contributed by atoms with Crippen molar-refractivity contribution in [3.05, 3.63) is 54.1 Å². The number of quaternary nitrogens is 1. The molecule has 0 unspecified atom stereocenters. The number of anilines is 1. The van der Waals surface area contributed by atoms with Crippen molar-refractivity contribution in [3.8, 4) is 11.5 Å². The van der Waals surface area contributed by atoms with Gasteiger partial charge in [-0.2, -0.15) is 0 Å². The van der Waals surface area contributed by atoms with Crippen LogP contribution in [0.5, 0.6) is 11.5 Å². The largest absolute Gasteiger partial charge is 0.497 e. The predicted octanol–water partition coefficient (Wildman–Crippen LogP) is 2.80. The molecule has 1 aliphatic heterocycles. The van der Waals surface area contributed by atoms with Crippen LogP contribution >= 0.6 is 12.2 Å². The highest BCUT2D eigenvalue weighted by atomic mass is 32.1. The molecule has 1 saturated heterocycles. The van der Waals surface area contributed by atoms with Crippen LogP contribution < -0.4 is 25.0 Å². The molecule has 2 aromatic rings. The monoisotopic (exact) mass is 400 g/mol. The number of likely N-dealkylation sites (tertiary alicyclic amines) is 1. The standard InChI is InChI=1S/C22H29N3O2S/c1-3-27-20-12-8-18(9-13-20)24-22(28)23-16-21(25-14-4-5-15-25)17-6-10-19(26-2)11-7-17/h6-13,21H,3-5,14-16H2,1-2H3,(H2,23,24,28)/p+1/t21-/m0/s1. The zero-order chi connectivity index (χ0) is 19.8. The van der Waals surface area contributed by atoms with Crippen LogP contribution in [0.15, 0.2) is 48.5 Å². The molecule has 3 N–H and O–H groups in total. The maximum absolute atomic E-state index is 5.52. The fraction of sp³-hybridized carbons (Fsp3) is 0.409. The van der Waals surface area contributed by atoms with Gasteiger partial charge >= 0.3 is 0 Å². The van der Waals surface area contributed by atoms with Gasteiger partial charge < -0.3 is 25.0 Å². The SMILES string of the molecule is CCOc1ccc(NC(=S)NC[C@@H](c2ccc(OC)cc2)[NH+]2CCCC2)cc1. The second-order valence-corrected chi connectivity index (χ2v) is 7.39. The number of hydrogen-bond donors (Lipinski definition) is 3. The molecule has 0 saturated carbocycles. The normalized spacial score (nSPS) is 15.1. The Balaban J connectivity index is 1.59. The number of hydrogen-bond acceptors (Lipinski definition) is 3. The van der Waals surface area contributed by atoms with Gasteiger partial charge in [-0.3, -0.25) is 0 Å². The van der Waals surface area contributed by atoms with Gasteiger partial charge in [-0.25, -0.2) is 0 Å². The molecule has 6 heteroatoms. The van der Waals surface area contributed by atoms with Gasteiger partial charge in [-0.1, -0.05) is 0 Å². The Bertz CT molecular complexity index is 743. The lowest BCUT2D eigenvalue weighted by molar-refractivity contribution is -0.918. The van der Waals surface area contributed by atoms with Crippen molar-refractivity contribution in [2.24, 2.45) is 0 Å². The number of methoxy groups -OCH3 is 1. The quantitative estimate of drug-likeness (QED) is 0.595. The summed E-state index contributed by atoms with van der Waals surface area (Å²) in [4.78, 5) is 1.61. The van der Waals surface area contributed by atoms with Gasteiger partial charge in [0.25, 0.3) is 0 Å². The summed E-state index contributed by atoms with van der Waals surface area (Å²) < 4.78 is 10.8. The first-order chi connectivity index (χ1) is 13.7. The van der Waals surface area contributed by atoms with E-state index in [2.05, 4.69) is 22.8 Å². The van der Waals surface area contributed by atoms with Crippen molar-refractivity contribution < 1.29 is 14.4 Å². The first-order valence-electron chi connectivity index (χ1n) is 9.96. The van der Waals surface area contributed by atoms with Crippen LogP contribution in [0.2, 0.25) is 0 Å². The van der Waals surface area contributed by atoms with Crippen LogP contribution in [0.25, 0.3) is 0 Å². The fourth-order valence-corrected chi connectivity index (χ4v) is 3.88. The van der Waals surface area contributed by atoms with E-state index >= 15 is 0 Å². The molecule has 0 spiro atoms. The fourth-order valence-electron chi connectivity index (χ4n) is 3.68. The van der Waals surface area contributed by atoms with E-state index in [4.69, 9.17) is 21.7 Å². The predicted molar refractivity (Wildman–Crippen MR) is 118 cm³/mol. The van der Waals surface area contributed by atoms with Crippen LogP contribution in [0.4, 0.5) is 5.69 Å². The van der Waals surface area contributed by atoms with Gasteiger partial charge in [0.05, 0.1) is 33.4 Å². The molecule has 1 aliphatic rings. The van der Waals surface area contributed by atoms with Gasteiger partial charge in [-0.05, 0) is 67.7 Å². The van der Waals surface area contributed by atoms with Crippen LogP contribution in [-0.4, -0.2) is 38.5 Å². The van der Waals surface area contributed by atoms with E-state index in [1.165, 1.54) is 31.5 Å². The summed E-state index contributed by atoms with van der Waals surface area (Å²) in [7, 11) is 1.70. The summed E-state index contributed by atoms with van der Waals surface area (Å²) in [6.45, 7) is 5.85. The summed E-state index contributed by atoms with van der Waals surface area (Å²) in [6.07, 6.45) is 2.58. The number of benzene rings is 2. The number of thiocarbonyl (C=S) groups is 1. The average molecular weight is 401 g/mol. The summed E-state index contributed by atoms with van der Waals surface area (Å²) in [5.41, 5.74) is 2.27. The minimum absolute atomic E-state index is 0.369. The molecule has 0 aromatic heterocycles. The second kappa shape index (κ2) is 10.3. The van der Waals surface area contributed by atoms with Crippen LogP contribution in [0, 0.1) is 0 Å². The molecule has 0 bridgehead atoms. The van der Waals surface area contributed by atoms with Crippen LogP contribution in [-0.2, 0) is 0 Å². The minimum atomic E-state index is 0.369. The van der Waals surface area contributed by atoms with E-state index in [9.17, 15) is 0 Å². The Morgan fingerprint density at radius 3 is 2.29 bits per heavy atom. The Kier molecular flexibility index (Phi) is 7.51. The van der Waals surface area contributed by atoms with Crippen molar-refractivity contribution in [2.75, 3.05) is 38.7 Å². The summed E-state index contributed by atoms with van der Waals surface area (Å²) in [6, 6.07) is 16.6. The van der Waals surface area contributed by atoms with Gasteiger partial charge in [0.15, 0.2) is 5.11 Å². The van der Waals surface area contributed by atoms with E-state index in [0.29, 0.717) is 17.8 Å². The maximum atomic E-state index is 5.52. The zero-order valence-corrected chi connectivity index (χ0v) is 17.5. The van der Waals surface area contributed by atoms with Crippen molar-refractivity contribution >= 4 is 23.0 Å². The third kappa shape index (κ3) is 5.59. The Hall–Kier alpha value is -2.31. The van der Waals surface area contributed by atoms with E-state index in [1.807, 2.05) is 43.3 Å². The molecular weight excluding hydrogens is 370 g/mol. The highest BCUT2D eigenvalue weighted by Crippen LogP contribution is 2.17. The topological polar surface area (TPSA) is 47.0 Å². The Morgan fingerprint density at radius 1 is 1.04 bits per heavy atom. The van der Waals surface area contributed by atoms with Crippen molar-refractivity contribution in [1.29, 1.82) is 0 Å². The number of nitrogens with one attached hydrogen (secondary N) is 3. The molecule has 3 rings (SSSR count). The highest BCUT2D eigenvalue weighted by Gasteiger charge is 2.27. The molecule has 5 nitrogen and oxygen atoms in total. The average Bonchev–Trinajstić information content (AvgIpc) is 3.25. The third-order valence-corrected chi connectivity index (χ3v) is 5.39. The molecule has 2 aromatic carbocycles. The van der Waals surface area contributed by atoms with E-state index < -0.39 is 0 Å². The minimum Gasteiger partial charge on any atom is -0.497 e. The maximum Gasteiger partial charge on any atom is 0.171 e.